The van der Waals surface area contributed by atoms with Gasteiger partial charge in [-0.25, -0.2) is 8.42 Å². The summed E-state index contributed by atoms with van der Waals surface area (Å²) in [6, 6.07) is 4.60. The van der Waals surface area contributed by atoms with Crippen molar-refractivity contribution in [3.05, 3.63) is 29.8 Å². The summed E-state index contributed by atoms with van der Waals surface area (Å²) in [5.74, 6) is 0. The van der Waals surface area contributed by atoms with Gasteiger partial charge in [-0.2, -0.15) is 17.5 Å². The summed E-state index contributed by atoms with van der Waals surface area (Å²) in [5, 5.41) is 9.13. The first-order valence-corrected chi connectivity index (χ1v) is 7.31. The highest BCUT2D eigenvalue weighted by Crippen LogP contribution is 2.26. The zero-order chi connectivity index (χ0) is 15.6. The van der Waals surface area contributed by atoms with Crippen molar-refractivity contribution in [2.45, 2.75) is 37.6 Å². The second-order valence-corrected chi connectivity index (χ2v) is 6.38. The fourth-order valence-corrected chi connectivity index (χ4v) is 3.57. The van der Waals surface area contributed by atoms with Crippen LogP contribution in [-0.4, -0.2) is 36.6 Å². The van der Waals surface area contributed by atoms with Gasteiger partial charge in [-0.05, 0) is 25.5 Å². The minimum Gasteiger partial charge on any atom is -0.392 e. The van der Waals surface area contributed by atoms with Gasteiger partial charge in [0.25, 0.3) is 0 Å². The average Bonchev–Trinajstić information content (AvgIpc) is 2.34. The number of alkyl halides is 3. The molecule has 1 aromatic carbocycles. The molecule has 1 rings (SSSR count). The van der Waals surface area contributed by atoms with Gasteiger partial charge in [-0.1, -0.05) is 18.2 Å². The van der Waals surface area contributed by atoms with Crippen LogP contribution in [0.2, 0.25) is 0 Å². The second-order valence-electron chi connectivity index (χ2n) is 4.53. The Morgan fingerprint density at radius 1 is 1.25 bits per heavy atom. The van der Waals surface area contributed by atoms with E-state index < -0.39 is 35.4 Å². The van der Waals surface area contributed by atoms with Gasteiger partial charge < -0.3 is 5.11 Å². The van der Waals surface area contributed by atoms with E-state index in [-0.39, 0.29) is 10.5 Å². The van der Waals surface area contributed by atoms with Crippen LogP contribution in [0.5, 0.6) is 0 Å². The Bertz CT molecular complexity index is 555. The lowest BCUT2D eigenvalue weighted by atomic mass is 10.2. The largest absolute Gasteiger partial charge is 0.402 e. The van der Waals surface area contributed by atoms with E-state index in [9.17, 15) is 21.6 Å². The third kappa shape index (κ3) is 3.94. The topological polar surface area (TPSA) is 57.6 Å². The molecule has 0 aliphatic carbocycles. The van der Waals surface area contributed by atoms with Crippen LogP contribution in [0.25, 0.3) is 0 Å². The molecule has 1 N–H and O–H groups in total. The lowest BCUT2D eigenvalue weighted by Crippen LogP contribution is -2.43. The molecule has 0 amide bonds. The quantitative estimate of drug-likeness (QED) is 0.906. The monoisotopic (exact) mass is 311 g/mol. The molecular formula is C12H16F3NO3S. The van der Waals surface area contributed by atoms with Gasteiger partial charge in [-0.15, -0.1) is 0 Å². The zero-order valence-electron chi connectivity index (χ0n) is 11.1. The Kier molecular flexibility index (Phi) is 5.17. The molecular weight excluding hydrogens is 295 g/mol. The molecule has 0 atom stereocenters. The van der Waals surface area contributed by atoms with E-state index in [4.69, 9.17) is 5.11 Å². The summed E-state index contributed by atoms with van der Waals surface area (Å²) in [4.78, 5) is -0.305. The highest BCUT2D eigenvalue weighted by Gasteiger charge is 2.39. The van der Waals surface area contributed by atoms with Crippen molar-refractivity contribution in [1.82, 2.24) is 4.31 Å². The molecule has 1 aromatic rings. The smallest absolute Gasteiger partial charge is 0.392 e. The first kappa shape index (κ1) is 16.9. The van der Waals surface area contributed by atoms with Crippen LogP contribution in [0.4, 0.5) is 13.2 Å². The Labute approximate surface area is 115 Å². The maximum absolute atomic E-state index is 12.5. The summed E-state index contributed by atoms with van der Waals surface area (Å²) in [6.07, 6.45) is -4.63. The first-order chi connectivity index (χ1) is 9.09. The molecule has 0 bridgehead atoms. The predicted octanol–water partition coefficient (Wildman–Crippen LogP) is 2.14. The molecule has 0 aromatic heterocycles. The third-order valence-corrected chi connectivity index (χ3v) is 4.76. The van der Waals surface area contributed by atoms with E-state index in [2.05, 4.69) is 0 Å². The van der Waals surface area contributed by atoms with Gasteiger partial charge in [0.2, 0.25) is 10.0 Å². The number of nitrogens with zero attached hydrogens (tertiary/aromatic N) is 1. The number of aliphatic hydroxyl groups is 1. The summed E-state index contributed by atoms with van der Waals surface area (Å²) < 4.78 is 62.7. The molecule has 0 unspecified atom stereocenters. The van der Waals surface area contributed by atoms with Gasteiger partial charge in [0.05, 0.1) is 11.5 Å². The van der Waals surface area contributed by atoms with Gasteiger partial charge >= 0.3 is 6.18 Å². The van der Waals surface area contributed by atoms with Crippen LogP contribution in [0.3, 0.4) is 0 Å². The molecule has 114 valence electrons. The van der Waals surface area contributed by atoms with Crippen molar-refractivity contribution in [3.8, 4) is 0 Å². The van der Waals surface area contributed by atoms with Crippen LogP contribution in [-0.2, 0) is 16.6 Å². The third-order valence-electron chi connectivity index (χ3n) is 2.64. The van der Waals surface area contributed by atoms with Crippen LogP contribution in [0, 0.1) is 0 Å². The maximum atomic E-state index is 12.5. The van der Waals surface area contributed by atoms with E-state index in [1.165, 1.54) is 38.1 Å². The number of aliphatic hydroxyl groups excluding tert-OH is 1. The minimum absolute atomic E-state index is 0.0697. The lowest BCUT2D eigenvalue weighted by molar-refractivity contribution is -0.138. The van der Waals surface area contributed by atoms with Crippen molar-refractivity contribution >= 4 is 10.0 Å². The number of benzene rings is 1. The van der Waals surface area contributed by atoms with E-state index in [0.717, 1.165) is 0 Å². The van der Waals surface area contributed by atoms with Gasteiger partial charge in [-0.3, -0.25) is 0 Å². The molecule has 0 aliphatic heterocycles. The Morgan fingerprint density at radius 2 is 1.80 bits per heavy atom. The molecule has 0 saturated heterocycles. The van der Waals surface area contributed by atoms with E-state index in [1.807, 2.05) is 0 Å². The summed E-state index contributed by atoms with van der Waals surface area (Å²) in [5.41, 5.74) is 0.0697. The number of hydrogen-bond acceptors (Lipinski definition) is 3. The molecule has 0 spiro atoms. The van der Waals surface area contributed by atoms with E-state index >= 15 is 0 Å². The van der Waals surface area contributed by atoms with Crippen LogP contribution in [0.15, 0.2) is 29.2 Å². The van der Waals surface area contributed by atoms with Crippen molar-refractivity contribution in [2.75, 3.05) is 6.54 Å². The van der Waals surface area contributed by atoms with Gasteiger partial charge in [0.15, 0.2) is 0 Å². The van der Waals surface area contributed by atoms with Crippen molar-refractivity contribution in [2.24, 2.45) is 0 Å². The van der Waals surface area contributed by atoms with Gasteiger partial charge in [0, 0.05) is 6.04 Å². The summed E-state index contributed by atoms with van der Waals surface area (Å²) in [7, 11) is -4.32. The van der Waals surface area contributed by atoms with Crippen LogP contribution in [0.1, 0.15) is 19.4 Å². The molecule has 0 saturated carbocycles. The number of sulfonamides is 1. The van der Waals surface area contributed by atoms with Crippen LogP contribution >= 0.6 is 0 Å². The van der Waals surface area contributed by atoms with Crippen molar-refractivity contribution in [3.63, 3.8) is 0 Å². The molecule has 20 heavy (non-hydrogen) atoms. The lowest BCUT2D eigenvalue weighted by Gasteiger charge is -2.27. The average molecular weight is 311 g/mol. The minimum atomic E-state index is -4.63. The Balaban J connectivity index is 3.30. The predicted molar refractivity (Wildman–Crippen MR) is 67.4 cm³/mol. The van der Waals surface area contributed by atoms with E-state index in [1.54, 1.807) is 0 Å². The maximum Gasteiger partial charge on any atom is 0.402 e. The molecule has 4 nitrogen and oxygen atoms in total. The van der Waals surface area contributed by atoms with Crippen molar-refractivity contribution in [1.29, 1.82) is 0 Å². The standard InChI is InChI=1S/C12H16F3NO3S/c1-9(2)16(8-12(13,14)15)20(18,19)11-6-4-3-5-10(11)7-17/h3-6,9,17H,7-8H2,1-2H3. The fraction of sp³-hybridized carbons (Fsp3) is 0.500. The highest BCUT2D eigenvalue weighted by atomic mass is 32.2. The molecule has 0 radical (unpaired) electrons. The molecule has 0 aliphatic rings. The zero-order valence-corrected chi connectivity index (χ0v) is 11.9. The molecule has 0 fully saturated rings. The normalized spacial score (nSPS) is 13.2. The summed E-state index contributed by atoms with van der Waals surface area (Å²) >= 11 is 0. The second kappa shape index (κ2) is 6.11. The van der Waals surface area contributed by atoms with Crippen LogP contribution < -0.4 is 0 Å². The number of rotatable bonds is 5. The Hall–Kier alpha value is -1.12. The molecule has 0 heterocycles. The number of halogens is 3. The van der Waals surface area contributed by atoms with Crippen molar-refractivity contribution < 1.29 is 26.7 Å². The van der Waals surface area contributed by atoms with E-state index in [0.29, 0.717) is 4.31 Å². The fourth-order valence-electron chi connectivity index (χ4n) is 1.73. The number of hydrogen-bond donors (Lipinski definition) is 1. The van der Waals surface area contributed by atoms with Gasteiger partial charge in [0.1, 0.15) is 6.54 Å². The summed E-state index contributed by atoms with van der Waals surface area (Å²) in [6.45, 7) is 0.607. The first-order valence-electron chi connectivity index (χ1n) is 5.87. The highest BCUT2D eigenvalue weighted by molar-refractivity contribution is 7.89. The SMILES string of the molecule is CC(C)N(CC(F)(F)F)S(=O)(=O)c1ccccc1CO. The Morgan fingerprint density at radius 3 is 2.25 bits per heavy atom. The molecule has 8 heteroatoms.